The van der Waals surface area contributed by atoms with E-state index in [0.29, 0.717) is 5.69 Å². The zero-order valence-electron chi connectivity index (χ0n) is 11.5. The molecule has 1 aliphatic rings. The second-order valence-corrected chi connectivity index (χ2v) is 4.92. The summed E-state index contributed by atoms with van der Waals surface area (Å²) in [6, 6.07) is 4.43. The zero-order valence-corrected chi connectivity index (χ0v) is 11.5. The molecule has 3 N–H and O–H groups in total. The smallest absolute Gasteiger partial charge is 0.293 e. The van der Waals surface area contributed by atoms with Crippen molar-refractivity contribution in [3.05, 3.63) is 33.9 Å². The molecule has 20 heavy (non-hydrogen) atoms. The van der Waals surface area contributed by atoms with Gasteiger partial charge in [0.1, 0.15) is 5.69 Å². The highest BCUT2D eigenvalue weighted by Crippen LogP contribution is 2.29. The molecule has 1 heterocycles. The van der Waals surface area contributed by atoms with Gasteiger partial charge in [-0.2, -0.15) is 0 Å². The standard InChI is InChI=1S/C13H18N4O3/c1-2-15-5-7-16(8-6-15)11-4-3-10(13(14)18)9-12(11)17(19)20/h3-4,9H,2,5-8H2,1H3,(H2,14,18)/p+1. The van der Waals surface area contributed by atoms with E-state index < -0.39 is 10.8 Å². The van der Waals surface area contributed by atoms with Crippen molar-refractivity contribution in [3.8, 4) is 0 Å². The van der Waals surface area contributed by atoms with Gasteiger partial charge < -0.3 is 15.5 Å². The van der Waals surface area contributed by atoms with Gasteiger partial charge in [-0.05, 0) is 19.1 Å². The number of nitrogens with two attached hydrogens (primary N) is 1. The Bertz CT molecular complexity index is 524. The van der Waals surface area contributed by atoms with Gasteiger partial charge in [-0.25, -0.2) is 0 Å². The predicted molar refractivity (Wildman–Crippen MR) is 75.1 cm³/mol. The first kappa shape index (κ1) is 14.3. The van der Waals surface area contributed by atoms with Gasteiger partial charge in [0.05, 0.1) is 37.6 Å². The van der Waals surface area contributed by atoms with Gasteiger partial charge >= 0.3 is 0 Å². The Morgan fingerprint density at radius 1 is 1.45 bits per heavy atom. The van der Waals surface area contributed by atoms with Crippen molar-refractivity contribution in [1.29, 1.82) is 0 Å². The number of piperazine rings is 1. The fourth-order valence-electron chi connectivity index (χ4n) is 2.51. The number of nitro benzene ring substituents is 1. The minimum Gasteiger partial charge on any atom is -0.366 e. The van der Waals surface area contributed by atoms with Crippen LogP contribution in [0.3, 0.4) is 0 Å². The SMILES string of the molecule is CC[NH+]1CCN(c2ccc(C(N)=O)cc2[N+](=O)[O-])CC1. The van der Waals surface area contributed by atoms with Crippen molar-refractivity contribution in [2.24, 2.45) is 5.73 Å². The molecule has 0 bridgehead atoms. The summed E-state index contributed by atoms with van der Waals surface area (Å²) in [6.45, 7) is 6.68. The van der Waals surface area contributed by atoms with Crippen LogP contribution in [0, 0.1) is 10.1 Å². The Morgan fingerprint density at radius 2 is 2.10 bits per heavy atom. The summed E-state index contributed by atoms with van der Waals surface area (Å²) in [5.74, 6) is -0.653. The molecule has 1 aromatic rings. The molecule has 0 radical (unpaired) electrons. The highest BCUT2D eigenvalue weighted by molar-refractivity contribution is 5.94. The summed E-state index contributed by atoms with van der Waals surface area (Å²) in [7, 11) is 0. The van der Waals surface area contributed by atoms with E-state index in [9.17, 15) is 14.9 Å². The van der Waals surface area contributed by atoms with Gasteiger partial charge in [0.15, 0.2) is 0 Å². The van der Waals surface area contributed by atoms with E-state index >= 15 is 0 Å². The Balaban J connectivity index is 2.27. The Morgan fingerprint density at radius 3 is 2.60 bits per heavy atom. The average molecular weight is 279 g/mol. The van der Waals surface area contributed by atoms with E-state index in [1.165, 1.54) is 11.0 Å². The second kappa shape index (κ2) is 5.87. The van der Waals surface area contributed by atoms with Gasteiger partial charge in [-0.15, -0.1) is 0 Å². The average Bonchev–Trinajstić information content (AvgIpc) is 2.46. The number of carbonyl (C=O) groups is 1. The van der Waals surface area contributed by atoms with Crippen LogP contribution in [-0.4, -0.2) is 43.6 Å². The number of nitrogens with one attached hydrogen (secondary N) is 1. The van der Waals surface area contributed by atoms with E-state index in [-0.39, 0.29) is 11.3 Å². The molecule has 0 aromatic heterocycles. The van der Waals surface area contributed by atoms with Gasteiger partial charge in [-0.1, -0.05) is 0 Å². The lowest BCUT2D eigenvalue weighted by Gasteiger charge is -2.32. The van der Waals surface area contributed by atoms with Gasteiger partial charge in [0, 0.05) is 11.6 Å². The van der Waals surface area contributed by atoms with Crippen LogP contribution in [0.15, 0.2) is 18.2 Å². The van der Waals surface area contributed by atoms with Crippen molar-refractivity contribution in [3.63, 3.8) is 0 Å². The maximum atomic E-state index is 11.2. The monoisotopic (exact) mass is 279 g/mol. The van der Waals surface area contributed by atoms with Gasteiger partial charge in [0.2, 0.25) is 5.91 Å². The highest BCUT2D eigenvalue weighted by atomic mass is 16.6. The summed E-state index contributed by atoms with van der Waals surface area (Å²) < 4.78 is 0. The summed E-state index contributed by atoms with van der Waals surface area (Å²) in [4.78, 5) is 25.4. The largest absolute Gasteiger partial charge is 0.366 e. The van der Waals surface area contributed by atoms with Crippen LogP contribution in [0.25, 0.3) is 0 Å². The van der Waals surface area contributed by atoms with E-state index in [1.807, 2.05) is 4.90 Å². The first-order valence-electron chi connectivity index (χ1n) is 6.69. The number of benzene rings is 1. The molecule has 7 heteroatoms. The molecule has 2 rings (SSSR count). The molecule has 0 unspecified atom stereocenters. The fourth-order valence-corrected chi connectivity index (χ4v) is 2.51. The summed E-state index contributed by atoms with van der Waals surface area (Å²) in [6.07, 6.45) is 0. The second-order valence-electron chi connectivity index (χ2n) is 4.92. The zero-order chi connectivity index (χ0) is 14.7. The third kappa shape index (κ3) is 2.88. The van der Waals surface area contributed by atoms with Crippen LogP contribution < -0.4 is 15.5 Å². The van der Waals surface area contributed by atoms with Crippen LogP contribution in [-0.2, 0) is 0 Å². The third-order valence-electron chi connectivity index (χ3n) is 3.77. The Labute approximate surface area is 117 Å². The number of primary amides is 1. The predicted octanol–water partition coefficient (Wildman–Crippen LogP) is -0.581. The number of likely N-dealkylation sites (N-methyl/N-ethyl adjacent to an activating group) is 1. The Kier molecular flexibility index (Phi) is 4.19. The number of anilines is 1. The lowest BCUT2D eigenvalue weighted by atomic mass is 10.1. The maximum absolute atomic E-state index is 11.2. The quantitative estimate of drug-likeness (QED) is 0.569. The molecule has 1 saturated heterocycles. The first-order chi connectivity index (χ1) is 9.52. The van der Waals surface area contributed by atoms with Gasteiger partial charge in [-0.3, -0.25) is 14.9 Å². The number of carbonyl (C=O) groups excluding carboxylic acids is 1. The van der Waals surface area contributed by atoms with E-state index in [1.54, 1.807) is 12.1 Å². The first-order valence-corrected chi connectivity index (χ1v) is 6.69. The van der Waals surface area contributed by atoms with Crippen molar-refractivity contribution < 1.29 is 14.6 Å². The maximum Gasteiger partial charge on any atom is 0.293 e. The molecule has 0 spiro atoms. The normalized spacial score (nSPS) is 16.1. The number of nitro groups is 1. The molecule has 1 aliphatic heterocycles. The number of amides is 1. The lowest BCUT2D eigenvalue weighted by molar-refractivity contribution is -0.898. The van der Waals surface area contributed by atoms with E-state index in [2.05, 4.69) is 6.92 Å². The number of quaternary nitrogens is 1. The number of hydrogen-bond acceptors (Lipinski definition) is 4. The van der Waals surface area contributed by atoms with E-state index in [0.717, 1.165) is 32.7 Å². The fraction of sp³-hybridized carbons (Fsp3) is 0.462. The van der Waals surface area contributed by atoms with Crippen molar-refractivity contribution in [2.75, 3.05) is 37.6 Å². The minimum atomic E-state index is -0.653. The van der Waals surface area contributed by atoms with Crippen molar-refractivity contribution in [1.82, 2.24) is 0 Å². The van der Waals surface area contributed by atoms with Crippen LogP contribution in [0.2, 0.25) is 0 Å². The van der Waals surface area contributed by atoms with Crippen molar-refractivity contribution >= 4 is 17.3 Å². The number of rotatable bonds is 4. The molecular formula is C13H19N4O3+. The molecule has 1 amide bonds. The minimum absolute atomic E-state index is 0.0544. The lowest BCUT2D eigenvalue weighted by Crippen LogP contribution is -3.14. The van der Waals surface area contributed by atoms with Crippen LogP contribution >= 0.6 is 0 Å². The topological polar surface area (TPSA) is 93.9 Å². The van der Waals surface area contributed by atoms with Crippen LogP contribution in [0.4, 0.5) is 11.4 Å². The van der Waals surface area contributed by atoms with Crippen LogP contribution in [0.1, 0.15) is 17.3 Å². The number of nitrogens with zero attached hydrogens (tertiary/aromatic N) is 2. The summed E-state index contributed by atoms with van der Waals surface area (Å²) in [5.41, 5.74) is 5.84. The summed E-state index contributed by atoms with van der Waals surface area (Å²) in [5, 5.41) is 11.2. The van der Waals surface area contributed by atoms with Gasteiger partial charge in [0.25, 0.3) is 5.69 Å². The molecule has 0 atom stereocenters. The third-order valence-corrected chi connectivity index (χ3v) is 3.77. The highest BCUT2D eigenvalue weighted by Gasteiger charge is 2.25. The van der Waals surface area contributed by atoms with Crippen LogP contribution in [0.5, 0.6) is 0 Å². The molecular weight excluding hydrogens is 260 g/mol. The molecule has 1 fully saturated rings. The Hall–Kier alpha value is -2.15. The molecule has 108 valence electrons. The molecule has 0 saturated carbocycles. The molecule has 1 aromatic carbocycles. The number of hydrogen-bond donors (Lipinski definition) is 2. The van der Waals surface area contributed by atoms with E-state index in [4.69, 9.17) is 5.73 Å². The molecule has 7 nitrogen and oxygen atoms in total. The summed E-state index contributed by atoms with van der Waals surface area (Å²) >= 11 is 0. The van der Waals surface area contributed by atoms with Crippen molar-refractivity contribution in [2.45, 2.75) is 6.92 Å². The molecule has 0 aliphatic carbocycles.